The van der Waals surface area contributed by atoms with E-state index in [0.29, 0.717) is 6.42 Å². The van der Waals surface area contributed by atoms with E-state index in [1.54, 1.807) is 6.08 Å². The first kappa shape index (κ1) is 2.38. The van der Waals surface area contributed by atoms with Crippen LogP contribution in [0.4, 0.5) is 0 Å². The molecule has 0 aromatic heterocycles. The van der Waals surface area contributed by atoms with Crippen molar-refractivity contribution in [3.63, 3.8) is 0 Å². The topological polar surface area (TPSA) is 0 Å². The van der Waals surface area contributed by atoms with Crippen molar-refractivity contribution in [2.75, 3.05) is 4.43 Å². The van der Waals surface area contributed by atoms with Gasteiger partial charge >= 0.3 is 0 Å². The van der Waals surface area contributed by atoms with Crippen LogP contribution in [-0.2, 0) is 0 Å². The molecule has 42 valence electrons. The lowest BCUT2D eigenvalue weighted by molar-refractivity contribution is 1.17. The maximum atomic E-state index is 7.17. The van der Waals surface area contributed by atoms with Crippen LogP contribution in [0.25, 0.3) is 0 Å². The number of allylic oxidation sites excluding steroid dienone is 2. The molecule has 0 aliphatic heterocycles. The first-order valence-corrected chi connectivity index (χ1v) is 3.57. The summed E-state index contributed by atoms with van der Waals surface area (Å²) >= 11 is 2.15. The van der Waals surface area contributed by atoms with Crippen LogP contribution in [0.15, 0.2) is 12.2 Å². The molecule has 0 heterocycles. The van der Waals surface area contributed by atoms with Gasteiger partial charge in [-0.05, 0) is 12.8 Å². The maximum Gasteiger partial charge on any atom is 0.0307 e. The van der Waals surface area contributed by atoms with Gasteiger partial charge in [-0.1, -0.05) is 41.6 Å². The quantitative estimate of drug-likeness (QED) is 0.385. The van der Waals surface area contributed by atoms with Gasteiger partial charge in [0.2, 0.25) is 0 Å². The van der Waals surface area contributed by atoms with E-state index >= 15 is 0 Å². The summed E-state index contributed by atoms with van der Waals surface area (Å²) in [5.41, 5.74) is 0. The average Bonchev–Trinajstić information content (AvgIpc) is 1.85. The summed E-state index contributed by atoms with van der Waals surface area (Å²) in [6.07, 6.45) is 1.20. The largest absolute Gasteiger partial charge is 0.0888 e. The van der Waals surface area contributed by atoms with Crippen molar-refractivity contribution in [1.82, 2.24) is 0 Å². The summed E-state index contributed by atoms with van der Waals surface area (Å²) in [5.74, 6) is 0. The minimum absolute atomic E-state index is 0.705. The van der Waals surface area contributed by atoms with Gasteiger partial charge in [0.05, 0.1) is 0 Å². The van der Waals surface area contributed by atoms with Gasteiger partial charge in [0.25, 0.3) is 0 Å². The van der Waals surface area contributed by atoms with Gasteiger partial charge in [-0.2, -0.15) is 0 Å². The smallest absolute Gasteiger partial charge is 0.0307 e. The lowest BCUT2D eigenvalue weighted by Gasteiger charge is -1.78. The molecule has 0 N–H and O–H groups in total. The van der Waals surface area contributed by atoms with Crippen molar-refractivity contribution in [3.8, 4) is 0 Å². The van der Waals surface area contributed by atoms with Crippen LogP contribution in [0.3, 0.4) is 0 Å². The Balaban J connectivity index is 4.22. The maximum absolute atomic E-state index is 7.17. The average molecular weight is 215 g/mol. The van der Waals surface area contributed by atoms with Crippen molar-refractivity contribution in [1.29, 1.82) is 0 Å². The summed E-state index contributed by atoms with van der Waals surface area (Å²) in [4.78, 5) is 0. The van der Waals surface area contributed by atoms with E-state index in [1.165, 1.54) is 0 Å². The molecule has 0 aliphatic carbocycles. The van der Waals surface area contributed by atoms with Gasteiger partial charge in [0.15, 0.2) is 0 Å². The molecule has 0 radical (unpaired) electrons. The van der Waals surface area contributed by atoms with Crippen LogP contribution >= 0.6 is 22.6 Å². The lowest BCUT2D eigenvalue weighted by Crippen LogP contribution is -1.63. The second-order valence-electron chi connectivity index (χ2n) is 1.02. The molecule has 0 fully saturated rings. The summed E-state index contributed by atoms with van der Waals surface area (Å²) in [6.45, 7) is -2.56. The van der Waals surface area contributed by atoms with Crippen molar-refractivity contribution < 1.29 is 6.85 Å². The number of halogens is 1. The lowest BCUT2D eigenvalue weighted by atomic mass is 10.4. The molecule has 7 heavy (non-hydrogen) atoms. The number of hydrogen-bond acceptors (Lipinski definition) is 0. The van der Waals surface area contributed by atoms with Crippen LogP contribution in [0.5, 0.6) is 0 Å². The van der Waals surface area contributed by atoms with E-state index in [1.807, 2.05) is 0 Å². The number of alkyl halides is 1. The molecule has 0 unspecified atom stereocenters. The monoisotopic (exact) mass is 215 g/mol. The van der Waals surface area contributed by atoms with E-state index in [9.17, 15) is 0 Å². The van der Waals surface area contributed by atoms with E-state index in [4.69, 9.17) is 6.85 Å². The second-order valence-corrected chi connectivity index (χ2v) is 2.10. The standard InChI is InChI=1S/C6H11I/c1-2-3-4-5-6-7/h3-4H,2,5-6H2,1H3/b4-3-/i1D3,2D2. The highest BCUT2D eigenvalue weighted by Crippen LogP contribution is 1.90. The van der Waals surface area contributed by atoms with Gasteiger partial charge < -0.3 is 0 Å². The summed E-state index contributed by atoms with van der Waals surface area (Å²) in [5, 5.41) is 0. The van der Waals surface area contributed by atoms with Gasteiger partial charge in [0, 0.05) is 11.3 Å². The Labute approximate surface area is 66.2 Å². The van der Waals surface area contributed by atoms with E-state index in [0.717, 1.165) is 10.5 Å². The molecule has 1 heteroatoms. The zero-order chi connectivity index (χ0) is 9.83. The Hall–Kier alpha value is 0.470. The van der Waals surface area contributed by atoms with E-state index < -0.39 is 13.2 Å². The van der Waals surface area contributed by atoms with Crippen molar-refractivity contribution in [3.05, 3.63) is 12.2 Å². The zero-order valence-corrected chi connectivity index (χ0v) is 6.10. The fourth-order valence-corrected chi connectivity index (χ4v) is 0.565. The van der Waals surface area contributed by atoms with E-state index in [2.05, 4.69) is 22.6 Å². The van der Waals surface area contributed by atoms with Gasteiger partial charge in [-0.25, -0.2) is 0 Å². The molecular weight excluding hydrogens is 199 g/mol. The first-order valence-electron chi connectivity index (χ1n) is 4.55. The normalized spacial score (nSPS) is 25.0. The molecule has 0 saturated heterocycles. The van der Waals surface area contributed by atoms with Gasteiger partial charge in [-0.3, -0.25) is 0 Å². The predicted molar refractivity (Wildman–Crippen MR) is 42.9 cm³/mol. The fraction of sp³-hybridized carbons (Fsp3) is 0.667. The molecule has 0 rings (SSSR count). The third-order valence-corrected chi connectivity index (χ3v) is 1.10. The summed E-state index contributed by atoms with van der Waals surface area (Å²) in [6, 6.07) is 0. The highest BCUT2D eigenvalue weighted by molar-refractivity contribution is 14.1. The van der Waals surface area contributed by atoms with Crippen LogP contribution in [0, 0.1) is 0 Å². The third kappa shape index (κ3) is 6.47. The Morgan fingerprint density at radius 1 is 1.86 bits per heavy atom. The molecule has 0 bridgehead atoms. The molecule has 0 aliphatic rings. The molecule has 0 nitrogen and oxygen atoms in total. The third-order valence-electron chi connectivity index (χ3n) is 0.477. The SMILES string of the molecule is [2H]C([2H])([2H])C([2H])([2H])/C=C\CCI. The molecule has 0 aromatic carbocycles. The molecule has 0 amide bonds. The van der Waals surface area contributed by atoms with Crippen molar-refractivity contribution >= 4 is 22.6 Å². The molecule has 0 aromatic rings. The van der Waals surface area contributed by atoms with Crippen molar-refractivity contribution in [2.45, 2.75) is 19.6 Å². The molecular formula is C6H11I. The highest BCUT2D eigenvalue weighted by atomic mass is 127. The second kappa shape index (κ2) is 6.47. The summed E-state index contributed by atoms with van der Waals surface area (Å²) < 4.78 is 35.8. The molecule has 0 saturated carbocycles. The van der Waals surface area contributed by atoms with Crippen molar-refractivity contribution in [2.24, 2.45) is 0 Å². The van der Waals surface area contributed by atoms with Gasteiger partial charge in [-0.15, -0.1) is 0 Å². The van der Waals surface area contributed by atoms with Crippen LogP contribution in [0.2, 0.25) is 0 Å². The fourth-order valence-electron chi connectivity index (χ4n) is 0.205. The van der Waals surface area contributed by atoms with Crippen LogP contribution in [-0.4, -0.2) is 4.43 Å². The first-order chi connectivity index (χ1) is 5.31. The molecule has 0 atom stereocenters. The minimum Gasteiger partial charge on any atom is -0.0888 e. The molecule has 0 spiro atoms. The highest BCUT2D eigenvalue weighted by Gasteiger charge is 1.69. The Morgan fingerprint density at radius 2 is 2.71 bits per heavy atom. The van der Waals surface area contributed by atoms with E-state index in [-0.39, 0.29) is 0 Å². The number of rotatable bonds is 3. The van der Waals surface area contributed by atoms with Gasteiger partial charge in [0.1, 0.15) is 0 Å². The Morgan fingerprint density at radius 3 is 3.29 bits per heavy atom. The Bertz CT molecular complexity index is 160. The number of hydrogen-bond donors (Lipinski definition) is 0. The Kier molecular flexibility index (Phi) is 2.20. The van der Waals surface area contributed by atoms with Crippen LogP contribution in [0.1, 0.15) is 26.5 Å². The van der Waals surface area contributed by atoms with Crippen LogP contribution < -0.4 is 0 Å². The zero-order valence-electron chi connectivity index (χ0n) is 8.95. The minimum atomic E-state index is -2.56. The summed E-state index contributed by atoms with van der Waals surface area (Å²) in [7, 11) is 0. The predicted octanol–water partition coefficient (Wildman–Crippen LogP) is 2.78.